The number of amides is 2. The van der Waals surface area contributed by atoms with Crippen LogP contribution < -0.4 is 5.32 Å². The zero-order chi connectivity index (χ0) is 18.4. The summed E-state index contributed by atoms with van der Waals surface area (Å²) in [6.45, 7) is 10.1. The Bertz CT molecular complexity index is 452. The van der Waals surface area contributed by atoms with Gasteiger partial charge in [-0.2, -0.15) is 0 Å². The number of carbonyl (C=O) groups is 2. The summed E-state index contributed by atoms with van der Waals surface area (Å²) in [6.07, 6.45) is 2.14. The molecule has 1 N–H and O–H groups in total. The van der Waals surface area contributed by atoms with Crippen LogP contribution >= 0.6 is 0 Å². The molecule has 0 aromatic heterocycles. The maximum absolute atomic E-state index is 13.0. The van der Waals surface area contributed by atoms with Crippen molar-refractivity contribution in [2.24, 2.45) is 5.92 Å². The van der Waals surface area contributed by atoms with Crippen LogP contribution in [0.3, 0.4) is 0 Å². The van der Waals surface area contributed by atoms with Crippen molar-refractivity contribution in [3.05, 3.63) is 0 Å². The number of ether oxygens (including phenoxy) is 2. The van der Waals surface area contributed by atoms with Crippen LogP contribution in [-0.2, 0) is 19.1 Å². The SMILES string of the molecule is COCC(=O)N[C@H](C(=O)N1CCN(C2CCOCC2)C[C@H]1C)C(C)C. The van der Waals surface area contributed by atoms with Gasteiger partial charge in [-0.25, -0.2) is 0 Å². The van der Waals surface area contributed by atoms with Gasteiger partial charge in [0, 0.05) is 52.0 Å². The first-order chi connectivity index (χ1) is 11.9. The maximum Gasteiger partial charge on any atom is 0.246 e. The van der Waals surface area contributed by atoms with Crippen molar-refractivity contribution in [3.63, 3.8) is 0 Å². The van der Waals surface area contributed by atoms with E-state index in [-0.39, 0.29) is 30.4 Å². The first kappa shape index (κ1) is 20.1. The first-order valence-electron chi connectivity index (χ1n) is 9.34. The summed E-state index contributed by atoms with van der Waals surface area (Å²) in [5.41, 5.74) is 0. The molecule has 2 aliphatic rings. The van der Waals surface area contributed by atoms with Crippen LogP contribution in [0.1, 0.15) is 33.6 Å². The average Bonchev–Trinajstić information content (AvgIpc) is 2.60. The lowest BCUT2D eigenvalue weighted by Crippen LogP contribution is -2.61. The molecular formula is C18H33N3O4. The first-order valence-corrected chi connectivity index (χ1v) is 9.34. The van der Waals surface area contributed by atoms with Gasteiger partial charge in [-0.1, -0.05) is 13.8 Å². The third kappa shape index (κ3) is 5.39. The van der Waals surface area contributed by atoms with Crippen molar-refractivity contribution < 1.29 is 19.1 Å². The lowest BCUT2D eigenvalue weighted by atomic mass is 9.99. The van der Waals surface area contributed by atoms with E-state index >= 15 is 0 Å². The Morgan fingerprint density at radius 3 is 2.48 bits per heavy atom. The minimum atomic E-state index is -0.500. The van der Waals surface area contributed by atoms with Gasteiger partial charge in [0.05, 0.1) is 0 Å². The summed E-state index contributed by atoms with van der Waals surface area (Å²) in [4.78, 5) is 29.3. The van der Waals surface area contributed by atoms with E-state index in [1.807, 2.05) is 18.7 Å². The van der Waals surface area contributed by atoms with Crippen molar-refractivity contribution in [1.29, 1.82) is 0 Å². The highest BCUT2D eigenvalue weighted by Gasteiger charge is 2.35. The fourth-order valence-corrected chi connectivity index (χ4v) is 3.73. The van der Waals surface area contributed by atoms with E-state index in [4.69, 9.17) is 9.47 Å². The molecule has 0 aromatic rings. The molecule has 2 heterocycles. The van der Waals surface area contributed by atoms with Crippen LogP contribution in [0, 0.1) is 5.92 Å². The van der Waals surface area contributed by atoms with E-state index in [2.05, 4.69) is 17.1 Å². The quantitative estimate of drug-likeness (QED) is 0.751. The van der Waals surface area contributed by atoms with Crippen molar-refractivity contribution in [1.82, 2.24) is 15.1 Å². The molecule has 0 aromatic carbocycles. The zero-order valence-electron chi connectivity index (χ0n) is 16.0. The van der Waals surface area contributed by atoms with Crippen molar-refractivity contribution in [2.45, 2.75) is 51.7 Å². The van der Waals surface area contributed by atoms with E-state index in [9.17, 15) is 9.59 Å². The highest BCUT2D eigenvalue weighted by molar-refractivity contribution is 5.88. The van der Waals surface area contributed by atoms with Gasteiger partial charge in [-0.05, 0) is 25.7 Å². The molecule has 0 saturated carbocycles. The lowest BCUT2D eigenvalue weighted by molar-refractivity contribution is -0.143. The van der Waals surface area contributed by atoms with Gasteiger partial charge in [0.15, 0.2) is 0 Å². The lowest BCUT2D eigenvalue weighted by Gasteiger charge is -2.45. The number of rotatable bonds is 6. The zero-order valence-corrected chi connectivity index (χ0v) is 16.0. The monoisotopic (exact) mass is 355 g/mol. The van der Waals surface area contributed by atoms with Crippen molar-refractivity contribution in [2.75, 3.05) is 46.6 Å². The molecule has 0 radical (unpaired) electrons. The molecule has 2 aliphatic heterocycles. The second-order valence-electron chi connectivity index (χ2n) is 7.44. The Morgan fingerprint density at radius 2 is 1.92 bits per heavy atom. The molecule has 144 valence electrons. The molecule has 2 atom stereocenters. The summed E-state index contributed by atoms with van der Waals surface area (Å²) in [5.74, 6) is -0.198. The van der Waals surface area contributed by atoms with Gasteiger partial charge >= 0.3 is 0 Å². The maximum atomic E-state index is 13.0. The topological polar surface area (TPSA) is 71.1 Å². The van der Waals surface area contributed by atoms with Gasteiger partial charge in [0.1, 0.15) is 12.6 Å². The van der Waals surface area contributed by atoms with Gasteiger partial charge in [-0.15, -0.1) is 0 Å². The molecule has 7 nitrogen and oxygen atoms in total. The van der Waals surface area contributed by atoms with Gasteiger partial charge in [-0.3, -0.25) is 14.5 Å². The van der Waals surface area contributed by atoms with E-state index in [0.29, 0.717) is 12.6 Å². The summed E-state index contributed by atoms with van der Waals surface area (Å²) in [5, 5.41) is 2.82. The molecule has 2 saturated heterocycles. The Kier molecular flexibility index (Phi) is 7.65. The van der Waals surface area contributed by atoms with E-state index in [1.165, 1.54) is 7.11 Å². The number of nitrogens with one attached hydrogen (secondary N) is 1. The fourth-order valence-electron chi connectivity index (χ4n) is 3.73. The van der Waals surface area contributed by atoms with Gasteiger partial charge < -0.3 is 19.7 Å². The highest BCUT2D eigenvalue weighted by atomic mass is 16.5. The molecule has 25 heavy (non-hydrogen) atoms. The van der Waals surface area contributed by atoms with Gasteiger partial charge in [0.2, 0.25) is 11.8 Å². The van der Waals surface area contributed by atoms with Gasteiger partial charge in [0.25, 0.3) is 0 Å². The second-order valence-corrected chi connectivity index (χ2v) is 7.44. The Morgan fingerprint density at radius 1 is 1.24 bits per heavy atom. The highest BCUT2D eigenvalue weighted by Crippen LogP contribution is 2.20. The third-order valence-corrected chi connectivity index (χ3v) is 5.17. The number of nitrogens with zero attached hydrogens (tertiary/aromatic N) is 2. The molecule has 0 aliphatic carbocycles. The molecule has 7 heteroatoms. The average molecular weight is 355 g/mol. The molecule has 0 bridgehead atoms. The van der Waals surface area contributed by atoms with E-state index < -0.39 is 6.04 Å². The smallest absolute Gasteiger partial charge is 0.246 e. The minimum Gasteiger partial charge on any atom is -0.381 e. The van der Waals surface area contributed by atoms with Crippen LogP contribution in [-0.4, -0.2) is 86.3 Å². The molecule has 0 spiro atoms. The third-order valence-electron chi connectivity index (χ3n) is 5.17. The summed E-state index contributed by atoms with van der Waals surface area (Å²) in [6, 6.07) is 0.208. The summed E-state index contributed by atoms with van der Waals surface area (Å²) < 4.78 is 10.3. The number of piperazine rings is 1. The normalized spacial score (nSPS) is 24.4. The molecular weight excluding hydrogens is 322 g/mol. The van der Waals surface area contributed by atoms with E-state index in [0.717, 1.165) is 39.1 Å². The standard InChI is InChI=1S/C18H33N3O4/c1-13(2)17(19-16(22)12-24-4)18(23)21-8-7-20(11-14(21)3)15-5-9-25-10-6-15/h13-15,17H,5-12H2,1-4H3,(H,19,22)/t14-,17+/m1/s1. The number of hydrogen-bond acceptors (Lipinski definition) is 5. The van der Waals surface area contributed by atoms with Crippen LogP contribution in [0.15, 0.2) is 0 Å². The predicted octanol–water partition coefficient (Wildman–Crippen LogP) is 0.485. The van der Waals surface area contributed by atoms with Crippen molar-refractivity contribution in [3.8, 4) is 0 Å². The van der Waals surface area contributed by atoms with E-state index in [1.54, 1.807) is 0 Å². The number of methoxy groups -OCH3 is 1. The largest absolute Gasteiger partial charge is 0.381 e. The Labute approximate surface area is 151 Å². The van der Waals surface area contributed by atoms with Crippen LogP contribution in [0.4, 0.5) is 0 Å². The minimum absolute atomic E-state index is 0.0126. The molecule has 2 rings (SSSR count). The Hall–Kier alpha value is -1.18. The molecule has 0 unspecified atom stereocenters. The van der Waals surface area contributed by atoms with Crippen LogP contribution in [0.5, 0.6) is 0 Å². The van der Waals surface area contributed by atoms with Crippen molar-refractivity contribution >= 4 is 11.8 Å². The molecule has 2 fully saturated rings. The second kappa shape index (κ2) is 9.50. The predicted molar refractivity (Wildman–Crippen MR) is 95.2 cm³/mol. The fraction of sp³-hybridized carbons (Fsp3) is 0.889. The Balaban J connectivity index is 1.94. The van der Waals surface area contributed by atoms with Crippen LogP contribution in [0.25, 0.3) is 0 Å². The number of carbonyl (C=O) groups excluding carboxylic acids is 2. The number of hydrogen-bond donors (Lipinski definition) is 1. The molecule has 2 amide bonds. The summed E-state index contributed by atoms with van der Waals surface area (Å²) >= 11 is 0. The summed E-state index contributed by atoms with van der Waals surface area (Å²) in [7, 11) is 1.48. The van der Waals surface area contributed by atoms with Crippen LogP contribution in [0.2, 0.25) is 0 Å².